The van der Waals surface area contributed by atoms with Crippen LogP contribution in [0.15, 0.2) is 81.2 Å². The number of ether oxygens (including phenoxy) is 2. The van der Waals surface area contributed by atoms with Crippen LogP contribution < -0.4 is 16.9 Å². The van der Waals surface area contributed by atoms with Crippen LogP contribution in [0.2, 0.25) is 0 Å². The van der Waals surface area contributed by atoms with Crippen LogP contribution in [0.4, 0.5) is 0 Å². The van der Waals surface area contributed by atoms with E-state index in [2.05, 4.69) is 5.10 Å². The Morgan fingerprint density at radius 1 is 1.16 bits per heavy atom. The van der Waals surface area contributed by atoms with E-state index < -0.39 is 23.0 Å². The largest absolute Gasteiger partial charge is 0.462 e. The molecule has 1 atom stereocenters. The van der Waals surface area contributed by atoms with Crippen molar-refractivity contribution in [3.05, 3.63) is 97.9 Å². The Morgan fingerprint density at radius 2 is 1.81 bits per heavy atom. The molecule has 1 aliphatic heterocycles. The third-order valence-corrected chi connectivity index (χ3v) is 5.05. The second-order valence-electron chi connectivity index (χ2n) is 6.90. The highest BCUT2D eigenvalue weighted by Gasteiger charge is 2.38. The highest BCUT2D eigenvalue weighted by atomic mass is 16.5. The zero-order valence-corrected chi connectivity index (χ0v) is 17.0. The summed E-state index contributed by atoms with van der Waals surface area (Å²) in [6.45, 7) is 1.73. The fraction of sp³-hybridized carbons (Fsp3) is 0.130. The molecule has 0 saturated carbocycles. The second-order valence-corrected chi connectivity index (χ2v) is 6.90. The number of nitriles is 1. The molecule has 0 spiro atoms. The summed E-state index contributed by atoms with van der Waals surface area (Å²) in [4.78, 5) is 38.4. The van der Waals surface area contributed by atoms with E-state index in [9.17, 15) is 19.6 Å². The molecular weight excluding hydrogens is 412 g/mol. The van der Waals surface area contributed by atoms with Crippen molar-refractivity contribution >= 4 is 22.6 Å². The predicted octanol–water partition coefficient (Wildman–Crippen LogP) is 1.93. The standard InChI is InChI=1S/C23H18N4O5/c1-2-31-23(30)18-17(13-8-4-3-5-9-13)16(12-24)22(32-19(18)25)27-21(29)15-11-7-6-10-14(15)20(28)26-27/h3-11,17H,2,25H2,1H3,(H,26,28). The van der Waals surface area contributed by atoms with Crippen molar-refractivity contribution in [2.75, 3.05) is 6.61 Å². The van der Waals surface area contributed by atoms with Crippen molar-refractivity contribution in [2.24, 2.45) is 5.73 Å². The molecule has 0 aliphatic carbocycles. The number of hydrogen-bond acceptors (Lipinski definition) is 7. The third kappa shape index (κ3) is 3.33. The summed E-state index contributed by atoms with van der Waals surface area (Å²) >= 11 is 0. The van der Waals surface area contributed by atoms with E-state index in [1.807, 2.05) is 6.07 Å². The van der Waals surface area contributed by atoms with Gasteiger partial charge in [0.05, 0.1) is 23.3 Å². The smallest absolute Gasteiger partial charge is 0.340 e. The Balaban J connectivity index is 2.02. The maximum Gasteiger partial charge on any atom is 0.340 e. The molecule has 1 aromatic heterocycles. The van der Waals surface area contributed by atoms with Gasteiger partial charge in [-0.15, -0.1) is 0 Å². The average molecular weight is 430 g/mol. The topological polar surface area (TPSA) is 140 Å². The van der Waals surface area contributed by atoms with Crippen LogP contribution in [0.5, 0.6) is 0 Å². The number of fused-ring (bicyclic) bond motifs is 1. The lowest BCUT2D eigenvalue weighted by atomic mass is 9.84. The minimum Gasteiger partial charge on any atom is -0.462 e. The van der Waals surface area contributed by atoms with Crippen molar-refractivity contribution in [3.8, 4) is 6.07 Å². The van der Waals surface area contributed by atoms with Gasteiger partial charge in [-0.3, -0.25) is 14.7 Å². The van der Waals surface area contributed by atoms with E-state index in [0.29, 0.717) is 5.56 Å². The first-order chi connectivity index (χ1) is 15.5. The van der Waals surface area contributed by atoms with Gasteiger partial charge in [0.15, 0.2) is 0 Å². The van der Waals surface area contributed by atoms with Gasteiger partial charge in [0.25, 0.3) is 11.1 Å². The molecule has 2 heterocycles. The molecule has 9 nitrogen and oxygen atoms in total. The molecule has 160 valence electrons. The minimum atomic E-state index is -0.967. The van der Waals surface area contributed by atoms with E-state index in [4.69, 9.17) is 15.2 Å². The SMILES string of the molecule is CCOC(=O)C1=C(N)OC(n2[nH]c(=O)c3ccccc3c2=O)=C(C#N)C1c1ccccc1. The number of rotatable bonds is 4. The summed E-state index contributed by atoms with van der Waals surface area (Å²) in [7, 11) is 0. The van der Waals surface area contributed by atoms with Gasteiger partial charge in [0.1, 0.15) is 17.2 Å². The quantitative estimate of drug-likeness (QED) is 0.603. The molecule has 0 amide bonds. The molecule has 3 N–H and O–H groups in total. The highest BCUT2D eigenvalue weighted by molar-refractivity contribution is 5.93. The van der Waals surface area contributed by atoms with Crippen molar-refractivity contribution < 1.29 is 14.3 Å². The predicted molar refractivity (Wildman–Crippen MR) is 116 cm³/mol. The molecule has 0 bridgehead atoms. The van der Waals surface area contributed by atoms with E-state index in [-0.39, 0.29) is 40.3 Å². The average Bonchev–Trinajstić information content (AvgIpc) is 2.81. The summed E-state index contributed by atoms with van der Waals surface area (Å²) in [5.41, 5.74) is 5.35. The number of benzene rings is 2. The zero-order valence-electron chi connectivity index (χ0n) is 17.0. The lowest BCUT2D eigenvalue weighted by molar-refractivity contribution is -0.139. The molecule has 0 radical (unpaired) electrons. The first kappa shape index (κ1) is 20.7. The maximum absolute atomic E-state index is 13.1. The van der Waals surface area contributed by atoms with Crippen molar-refractivity contribution in [3.63, 3.8) is 0 Å². The van der Waals surface area contributed by atoms with Crippen molar-refractivity contribution in [1.82, 2.24) is 9.78 Å². The Bertz CT molecular complexity index is 1440. The Morgan fingerprint density at radius 3 is 2.47 bits per heavy atom. The van der Waals surface area contributed by atoms with E-state index in [0.717, 1.165) is 4.68 Å². The molecule has 4 rings (SSSR count). The first-order valence-electron chi connectivity index (χ1n) is 9.76. The molecule has 2 aromatic carbocycles. The first-order valence-corrected chi connectivity index (χ1v) is 9.76. The number of carbonyl (C=O) groups is 1. The fourth-order valence-corrected chi connectivity index (χ4v) is 3.65. The highest BCUT2D eigenvalue weighted by Crippen LogP contribution is 2.40. The molecule has 0 saturated heterocycles. The summed E-state index contributed by atoms with van der Waals surface area (Å²) in [6, 6.07) is 17.0. The van der Waals surface area contributed by atoms with Gasteiger partial charge in [0, 0.05) is 0 Å². The minimum absolute atomic E-state index is 0.0606. The van der Waals surface area contributed by atoms with Gasteiger partial charge in [-0.05, 0) is 24.6 Å². The van der Waals surface area contributed by atoms with Gasteiger partial charge in [-0.1, -0.05) is 42.5 Å². The van der Waals surface area contributed by atoms with Crippen molar-refractivity contribution in [1.29, 1.82) is 5.26 Å². The molecule has 0 fully saturated rings. The number of nitrogens with one attached hydrogen (secondary N) is 1. The Kier molecular flexibility index (Phi) is 5.35. The maximum atomic E-state index is 13.1. The lowest BCUT2D eigenvalue weighted by Crippen LogP contribution is -2.34. The van der Waals surface area contributed by atoms with Crippen LogP contribution in [0.1, 0.15) is 18.4 Å². The number of esters is 1. The van der Waals surface area contributed by atoms with E-state index >= 15 is 0 Å². The normalized spacial score (nSPS) is 15.9. The van der Waals surface area contributed by atoms with E-state index in [1.165, 1.54) is 12.1 Å². The van der Waals surface area contributed by atoms with Gasteiger partial charge in [-0.25, -0.2) is 4.79 Å². The van der Waals surface area contributed by atoms with Gasteiger partial charge < -0.3 is 15.2 Å². The summed E-state index contributed by atoms with van der Waals surface area (Å²) < 4.78 is 11.6. The number of H-pyrrole nitrogens is 1. The molecule has 9 heteroatoms. The number of nitrogens with two attached hydrogens (primary N) is 1. The summed E-state index contributed by atoms with van der Waals surface area (Å²) in [5.74, 6) is -2.32. The lowest BCUT2D eigenvalue weighted by Gasteiger charge is -2.28. The second kappa shape index (κ2) is 8.28. The molecular formula is C23H18N4O5. The van der Waals surface area contributed by atoms with Crippen LogP contribution >= 0.6 is 0 Å². The molecule has 1 unspecified atom stereocenters. The third-order valence-electron chi connectivity index (χ3n) is 5.05. The number of hydrogen-bond donors (Lipinski definition) is 2. The van der Waals surface area contributed by atoms with Gasteiger partial charge in [-0.2, -0.15) is 9.94 Å². The van der Waals surface area contributed by atoms with E-state index in [1.54, 1.807) is 49.4 Å². The zero-order chi connectivity index (χ0) is 22.8. The summed E-state index contributed by atoms with van der Waals surface area (Å²) in [6.07, 6.45) is 0. The molecule has 32 heavy (non-hydrogen) atoms. The summed E-state index contributed by atoms with van der Waals surface area (Å²) in [5, 5.41) is 12.8. The van der Waals surface area contributed by atoms with Gasteiger partial charge in [0.2, 0.25) is 11.8 Å². The monoisotopic (exact) mass is 430 g/mol. The van der Waals surface area contributed by atoms with Crippen LogP contribution in [0.3, 0.4) is 0 Å². The van der Waals surface area contributed by atoms with Crippen LogP contribution in [0.25, 0.3) is 16.7 Å². The molecule has 1 aliphatic rings. The number of carbonyl (C=O) groups excluding carboxylic acids is 1. The van der Waals surface area contributed by atoms with Crippen LogP contribution in [0, 0.1) is 11.3 Å². The number of aromatic amines is 1. The van der Waals surface area contributed by atoms with Crippen LogP contribution in [-0.2, 0) is 14.3 Å². The number of aromatic nitrogens is 2. The number of allylic oxidation sites excluding steroid dienone is 1. The van der Waals surface area contributed by atoms with Crippen LogP contribution in [-0.4, -0.2) is 22.4 Å². The Labute approximate surface area is 181 Å². The van der Waals surface area contributed by atoms with Gasteiger partial charge >= 0.3 is 5.97 Å². The number of nitrogens with zero attached hydrogens (tertiary/aromatic N) is 2. The molecule has 3 aromatic rings. The van der Waals surface area contributed by atoms with Crippen molar-refractivity contribution in [2.45, 2.75) is 12.8 Å². The Hall–Kier alpha value is -4.58. The fourth-order valence-electron chi connectivity index (χ4n) is 3.65.